The summed E-state index contributed by atoms with van der Waals surface area (Å²) in [5.74, 6) is 0. The number of hydrogen-bond donors (Lipinski definition) is 1. The molecule has 0 bridgehead atoms. The molecule has 1 saturated carbocycles. The molecule has 0 spiro atoms. The Bertz CT molecular complexity index is 749. The van der Waals surface area contributed by atoms with Crippen LogP contribution < -0.4 is 4.72 Å². The van der Waals surface area contributed by atoms with Gasteiger partial charge in [0.2, 0.25) is 0 Å². The maximum Gasteiger partial charge on any atom is 0.279 e. The van der Waals surface area contributed by atoms with Crippen molar-refractivity contribution in [3.63, 3.8) is 0 Å². The van der Waals surface area contributed by atoms with Crippen LogP contribution in [-0.2, 0) is 16.6 Å². The fourth-order valence-electron chi connectivity index (χ4n) is 3.29. The number of hydrogen-bond acceptors (Lipinski definition) is 4. The van der Waals surface area contributed by atoms with E-state index in [1.165, 1.54) is 10.7 Å². The van der Waals surface area contributed by atoms with E-state index in [0.29, 0.717) is 6.42 Å². The van der Waals surface area contributed by atoms with Crippen LogP contribution in [-0.4, -0.2) is 36.8 Å². The van der Waals surface area contributed by atoms with E-state index in [2.05, 4.69) is 9.71 Å². The Balaban J connectivity index is 1.63. The van der Waals surface area contributed by atoms with Gasteiger partial charge in [0.1, 0.15) is 0 Å². The summed E-state index contributed by atoms with van der Waals surface area (Å²) in [6, 6.07) is 7.95. The summed E-state index contributed by atoms with van der Waals surface area (Å²) in [6.07, 6.45) is 5.98. The van der Waals surface area contributed by atoms with Crippen molar-refractivity contribution in [1.29, 1.82) is 0 Å². The number of rotatable bonds is 6. The van der Waals surface area contributed by atoms with Gasteiger partial charge in [-0.05, 0) is 31.9 Å². The van der Waals surface area contributed by atoms with E-state index >= 15 is 0 Å². The molecule has 0 saturated heterocycles. The third-order valence-electron chi connectivity index (χ3n) is 4.64. The first-order valence-corrected chi connectivity index (χ1v) is 10.8. The van der Waals surface area contributed by atoms with Gasteiger partial charge < -0.3 is 0 Å². The van der Waals surface area contributed by atoms with Crippen molar-refractivity contribution in [3.8, 4) is 0 Å². The van der Waals surface area contributed by atoms with E-state index in [-0.39, 0.29) is 12.1 Å². The highest BCUT2D eigenvalue weighted by Gasteiger charge is 2.28. The molecule has 5 nitrogen and oxygen atoms in total. The number of nitrogens with zero attached hydrogens (tertiary/aromatic N) is 2. The highest BCUT2D eigenvalue weighted by atomic mass is 32.2. The van der Waals surface area contributed by atoms with Gasteiger partial charge in [-0.25, -0.2) is 4.98 Å². The largest absolute Gasteiger partial charge is 0.279 e. The summed E-state index contributed by atoms with van der Waals surface area (Å²) in [5, 5.41) is 0.965. The van der Waals surface area contributed by atoms with Crippen molar-refractivity contribution in [1.82, 2.24) is 14.0 Å². The van der Waals surface area contributed by atoms with Gasteiger partial charge in [0.25, 0.3) is 10.2 Å². The van der Waals surface area contributed by atoms with Crippen molar-refractivity contribution in [2.24, 2.45) is 0 Å². The first-order chi connectivity index (χ1) is 11.5. The minimum Gasteiger partial charge on any atom is -0.241 e. The van der Waals surface area contributed by atoms with Crippen LogP contribution in [0, 0.1) is 0 Å². The van der Waals surface area contributed by atoms with Crippen molar-refractivity contribution in [2.45, 2.75) is 57.5 Å². The van der Waals surface area contributed by atoms with Crippen LogP contribution in [0.4, 0.5) is 0 Å². The smallest absolute Gasteiger partial charge is 0.241 e. The second-order valence-electron chi connectivity index (χ2n) is 6.61. The average molecular weight is 368 g/mol. The van der Waals surface area contributed by atoms with E-state index in [9.17, 15) is 8.42 Å². The molecule has 132 valence electrons. The first kappa shape index (κ1) is 17.8. The fraction of sp³-hybridized carbons (Fsp3) is 0.588. The lowest BCUT2D eigenvalue weighted by molar-refractivity contribution is 0.281. The molecule has 1 aromatic carbocycles. The van der Waals surface area contributed by atoms with Gasteiger partial charge >= 0.3 is 0 Å². The summed E-state index contributed by atoms with van der Waals surface area (Å²) in [6.45, 7) is 1.90. The molecule has 3 rings (SSSR count). The summed E-state index contributed by atoms with van der Waals surface area (Å²) in [7, 11) is -1.75. The summed E-state index contributed by atoms with van der Waals surface area (Å²) >= 11 is 1.63. The van der Waals surface area contributed by atoms with Crippen LogP contribution >= 0.6 is 11.3 Å². The third-order valence-corrected chi connectivity index (χ3v) is 7.45. The second kappa shape index (κ2) is 7.47. The molecule has 1 atom stereocenters. The molecule has 1 aromatic heterocycles. The Morgan fingerprint density at radius 2 is 2.00 bits per heavy atom. The molecule has 1 aliphatic carbocycles. The maximum absolute atomic E-state index is 12.6. The van der Waals surface area contributed by atoms with Crippen LogP contribution in [0.5, 0.6) is 0 Å². The van der Waals surface area contributed by atoms with Crippen molar-refractivity contribution in [2.75, 3.05) is 7.05 Å². The number of benzene rings is 1. The first-order valence-electron chi connectivity index (χ1n) is 8.55. The van der Waals surface area contributed by atoms with E-state index in [4.69, 9.17) is 0 Å². The standard InChI is InChI=1S/C17H25N3O2S2/c1-13(12-17-18-15-10-6-7-11-16(15)23-17)19-24(21,22)20(2)14-8-4-3-5-9-14/h6-7,10-11,13-14,19H,3-5,8-9,12H2,1-2H3. The van der Waals surface area contributed by atoms with Gasteiger partial charge in [-0.3, -0.25) is 0 Å². The van der Waals surface area contributed by atoms with Gasteiger partial charge in [0.15, 0.2) is 0 Å². The monoisotopic (exact) mass is 367 g/mol. The molecule has 1 unspecified atom stereocenters. The molecule has 0 radical (unpaired) electrons. The molecule has 0 aliphatic heterocycles. The molecule has 1 heterocycles. The van der Waals surface area contributed by atoms with Crippen molar-refractivity contribution < 1.29 is 8.42 Å². The molecule has 1 aliphatic rings. The van der Waals surface area contributed by atoms with E-state index in [1.807, 2.05) is 31.2 Å². The molecular weight excluding hydrogens is 342 g/mol. The Labute approximate surface area is 148 Å². The Hall–Kier alpha value is -1.02. The predicted octanol–water partition coefficient (Wildman–Crippen LogP) is 3.33. The lowest BCUT2D eigenvalue weighted by Gasteiger charge is -2.31. The van der Waals surface area contributed by atoms with Crippen LogP contribution in [0.25, 0.3) is 10.2 Å². The Morgan fingerprint density at radius 1 is 1.29 bits per heavy atom. The van der Waals surface area contributed by atoms with Gasteiger partial charge in [-0.1, -0.05) is 31.4 Å². The van der Waals surface area contributed by atoms with E-state index in [0.717, 1.165) is 40.9 Å². The summed E-state index contributed by atoms with van der Waals surface area (Å²) in [5.41, 5.74) is 0.979. The van der Waals surface area contributed by atoms with Crippen LogP contribution in [0.2, 0.25) is 0 Å². The molecular formula is C17H25N3O2S2. The van der Waals surface area contributed by atoms with Crippen LogP contribution in [0.3, 0.4) is 0 Å². The SMILES string of the molecule is CC(Cc1nc2ccccc2s1)NS(=O)(=O)N(C)C1CCCCC1. The Morgan fingerprint density at radius 3 is 2.71 bits per heavy atom. The number of thiazole rings is 1. The lowest BCUT2D eigenvalue weighted by atomic mass is 9.96. The van der Waals surface area contributed by atoms with Crippen molar-refractivity contribution >= 4 is 31.8 Å². The number of para-hydroxylation sites is 1. The zero-order valence-corrected chi connectivity index (χ0v) is 15.9. The molecule has 24 heavy (non-hydrogen) atoms. The van der Waals surface area contributed by atoms with Gasteiger partial charge in [-0.15, -0.1) is 11.3 Å². The third kappa shape index (κ3) is 4.14. The molecule has 1 N–H and O–H groups in total. The summed E-state index contributed by atoms with van der Waals surface area (Å²) < 4.78 is 30.7. The number of nitrogens with one attached hydrogen (secondary N) is 1. The Kier molecular flexibility index (Phi) is 5.54. The fourth-order valence-corrected chi connectivity index (χ4v) is 5.75. The minimum absolute atomic E-state index is 0.130. The van der Waals surface area contributed by atoms with Gasteiger partial charge in [0.05, 0.1) is 15.2 Å². The highest BCUT2D eigenvalue weighted by Crippen LogP contribution is 2.24. The molecule has 0 amide bonds. The lowest BCUT2D eigenvalue weighted by Crippen LogP contribution is -2.48. The normalized spacial score (nSPS) is 18.3. The second-order valence-corrected chi connectivity index (χ2v) is 9.49. The average Bonchev–Trinajstić information content (AvgIpc) is 2.96. The van der Waals surface area contributed by atoms with Crippen molar-refractivity contribution in [3.05, 3.63) is 29.3 Å². The molecule has 2 aromatic rings. The molecule has 7 heteroatoms. The van der Waals surface area contributed by atoms with Gasteiger partial charge in [0, 0.05) is 25.6 Å². The number of aromatic nitrogens is 1. The topological polar surface area (TPSA) is 62.3 Å². The molecule has 1 fully saturated rings. The zero-order valence-electron chi connectivity index (χ0n) is 14.2. The van der Waals surface area contributed by atoms with Gasteiger partial charge in [-0.2, -0.15) is 17.4 Å². The summed E-state index contributed by atoms with van der Waals surface area (Å²) in [4.78, 5) is 4.59. The maximum atomic E-state index is 12.6. The zero-order chi connectivity index (χ0) is 17.2. The quantitative estimate of drug-likeness (QED) is 0.852. The van der Waals surface area contributed by atoms with Crippen LogP contribution in [0.15, 0.2) is 24.3 Å². The van der Waals surface area contributed by atoms with E-state index < -0.39 is 10.2 Å². The predicted molar refractivity (Wildman–Crippen MR) is 99.5 cm³/mol. The number of fused-ring (bicyclic) bond motifs is 1. The highest BCUT2D eigenvalue weighted by molar-refractivity contribution is 7.87. The van der Waals surface area contributed by atoms with Crippen LogP contribution in [0.1, 0.15) is 44.0 Å². The minimum atomic E-state index is -3.45. The van der Waals surface area contributed by atoms with E-state index in [1.54, 1.807) is 18.4 Å².